The first-order chi connectivity index (χ1) is 9.15. The van der Waals surface area contributed by atoms with Crippen molar-refractivity contribution in [1.29, 1.82) is 0 Å². The number of hydrogen-bond donors (Lipinski definition) is 1. The van der Waals surface area contributed by atoms with Crippen LogP contribution in [0.15, 0.2) is 24.3 Å². The van der Waals surface area contributed by atoms with E-state index in [0.717, 1.165) is 12.8 Å². The van der Waals surface area contributed by atoms with Crippen LogP contribution >= 0.6 is 0 Å². The van der Waals surface area contributed by atoms with Gasteiger partial charge in [0.1, 0.15) is 0 Å². The first-order valence-electron chi connectivity index (χ1n) is 6.88. The van der Waals surface area contributed by atoms with E-state index >= 15 is 0 Å². The highest BCUT2D eigenvalue weighted by molar-refractivity contribution is 5.83. The summed E-state index contributed by atoms with van der Waals surface area (Å²) in [4.78, 5) is 23.3. The van der Waals surface area contributed by atoms with Crippen LogP contribution in [-0.4, -0.2) is 23.7 Å². The second kappa shape index (κ2) is 6.04. The van der Waals surface area contributed by atoms with Crippen molar-refractivity contribution >= 4 is 11.9 Å². The third-order valence-corrected chi connectivity index (χ3v) is 3.95. The van der Waals surface area contributed by atoms with Gasteiger partial charge >= 0.3 is 11.9 Å². The molecule has 0 unspecified atom stereocenters. The fraction of sp³-hybridized carbons (Fsp3) is 0.600. The van der Waals surface area contributed by atoms with E-state index in [1.807, 2.05) is 31.2 Å². The summed E-state index contributed by atoms with van der Waals surface area (Å²) in [5.41, 5.74) is 0. The molecule has 104 valence electrons. The summed E-state index contributed by atoms with van der Waals surface area (Å²) >= 11 is 0. The number of hydrogen-bond acceptors (Lipinski definition) is 3. The molecule has 0 amide bonds. The Balaban J connectivity index is 1.89. The van der Waals surface area contributed by atoms with Gasteiger partial charge in [-0.1, -0.05) is 31.2 Å². The lowest BCUT2D eigenvalue weighted by molar-refractivity contribution is -0.158. The standard InChI is InChI=1S/C15H20O4/c1-2-3-4-5-8-19-15(18)13-11-7-6-10(9-11)12(13)14(16)17/h3-4,6-7,10-13H,2,5,8-9H2,1H3,(H,16,17)/b4-3-/t10-,11+,12-,13+/m1/s1. The highest BCUT2D eigenvalue weighted by Gasteiger charge is 2.52. The molecule has 0 spiro atoms. The van der Waals surface area contributed by atoms with Crippen molar-refractivity contribution < 1.29 is 19.4 Å². The van der Waals surface area contributed by atoms with E-state index in [0.29, 0.717) is 13.0 Å². The van der Waals surface area contributed by atoms with Crippen molar-refractivity contribution in [2.24, 2.45) is 23.7 Å². The van der Waals surface area contributed by atoms with Crippen LogP contribution in [0.3, 0.4) is 0 Å². The van der Waals surface area contributed by atoms with Crippen molar-refractivity contribution in [3.63, 3.8) is 0 Å². The molecule has 0 saturated heterocycles. The first-order valence-corrected chi connectivity index (χ1v) is 6.88. The van der Waals surface area contributed by atoms with E-state index in [4.69, 9.17) is 4.74 Å². The molecule has 0 aromatic carbocycles. The fourth-order valence-corrected chi connectivity index (χ4v) is 3.09. The molecule has 0 aromatic heterocycles. The summed E-state index contributed by atoms with van der Waals surface area (Å²) < 4.78 is 5.22. The third-order valence-electron chi connectivity index (χ3n) is 3.95. The first kappa shape index (κ1) is 13.8. The van der Waals surface area contributed by atoms with Crippen LogP contribution in [0.5, 0.6) is 0 Å². The average molecular weight is 264 g/mol. The maximum atomic E-state index is 12.0. The third kappa shape index (κ3) is 2.88. The maximum absolute atomic E-state index is 12.0. The van der Waals surface area contributed by atoms with E-state index in [1.54, 1.807) is 0 Å². The predicted molar refractivity (Wildman–Crippen MR) is 70.4 cm³/mol. The Hall–Kier alpha value is -1.58. The lowest BCUT2D eigenvalue weighted by Gasteiger charge is -2.22. The predicted octanol–water partition coefficient (Wildman–Crippen LogP) is 2.41. The molecule has 0 heterocycles. The zero-order valence-electron chi connectivity index (χ0n) is 11.1. The van der Waals surface area contributed by atoms with E-state index in [1.165, 1.54) is 0 Å². The van der Waals surface area contributed by atoms with Gasteiger partial charge in [0.15, 0.2) is 0 Å². The van der Waals surface area contributed by atoms with Crippen LogP contribution in [0.4, 0.5) is 0 Å². The largest absolute Gasteiger partial charge is 0.481 e. The summed E-state index contributed by atoms with van der Waals surface area (Å²) in [6, 6.07) is 0. The molecule has 19 heavy (non-hydrogen) atoms. The monoisotopic (exact) mass is 264 g/mol. The number of rotatable bonds is 6. The van der Waals surface area contributed by atoms with Crippen molar-refractivity contribution in [2.75, 3.05) is 6.61 Å². The number of carboxylic acids is 1. The molecule has 2 rings (SSSR count). The van der Waals surface area contributed by atoms with E-state index in [-0.39, 0.29) is 17.8 Å². The van der Waals surface area contributed by atoms with Gasteiger partial charge < -0.3 is 9.84 Å². The molecule has 0 radical (unpaired) electrons. The average Bonchev–Trinajstić information content (AvgIpc) is 2.98. The normalized spacial score (nSPS) is 32.1. The second-order valence-corrected chi connectivity index (χ2v) is 5.17. The van der Waals surface area contributed by atoms with Gasteiger partial charge in [-0.15, -0.1) is 0 Å². The molecule has 1 fully saturated rings. The van der Waals surface area contributed by atoms with Crippen molar-refractivity contribution in [3.8, 4) is 0 Å². The van der Waals surface area contributed by atoms with Gasteiger partial charge in [-0.3, -0.25) is 9.59 Å². The van der Waals surface area contributed by atoms with Crippen molar-refractivity contribution in [2.45, 2.75) is 26.2 Å². The topological polar surface area (TPSA) is 63.6 Å². The Kier molecular flexibility index (Phi) is 4.40. The minimum atomic E-state index is -0.885. The molecule has 1 N–H and O–H groups in total. The molecular formula is C15H20O4. The number of allylic oxidation sites excluding steroid dienone is 3. The van der Waals surface area contributed by atoms with Crippen LogP contribution in [0.1, 0.15) is 26.2 Å². The summed E-state index contributed by atoms with van der Waals surface area (Å²) in [7, 11) is 0. The number of fused-ring (bicyclic) bond motifs is 2. The molecule has 2 aliphatic rings. The Labute approximate surface area is 113 Å². The number of carbonyl (C=O) groups excluding carboxylic acids is 1. The van der Waals surface area contributed by atoms with Gasteiger partial charge in [-0.2, -0.15) is 0 Å². The summed E-state index contributed by atoms with van der Waals surface area (Å²) in [6.07, 6.45) is 10.3. The van der Waals surface area contributed by atoms with E-state index in [2.05, 4.69) is 0 Å². The Morgan fingerprint density at radius 3 is 2.58 bits per heavy atom. The van der Waals surface area contributed by atoms with E-state index in [9.17, 15) is 14.7 Å². The highest BCUT2D eigenvalue weighted by atomic mass is 16.5. The zero-order valence-corrected chi connectivity index (χ0v) is 11.1. The molecule has 4 nitrogen and oxygen atoms in total. The minimum Gasteiger partial charge on any atom is -0.481 e. The van der Waals surface area contributed by atoms with Gasteiger partial charge in [-0.25, -0.2) is 0 Å². The Morgan fingerprint density at radius 2 is 1.95 bits per heavy atom. The molecule has 4 heteroatoms. The van der Waals surface area contributed by atoms with Gasteiger partial charge in [-0.05, 0) is 31.1 Å². The number of carbonyl (C=O) groups is 2. The Morgan fingerprint density at radius 1 is 1.26 bits per heavy atom. The van der Waals surface area contributed by atoms with Crippen LogP contribution in [-0.2, 0) is 14.3 Å². The lowest BCUT2D eigenvalue weighted by atomic mass is 9.83. The molecule has 2 aliphatic carbocycles. The lowest BCUT2D eigenvalue weighted by Crippen LogP contribution is -2.34. The van der Waals surface area contributed by atoms with Gasteiger partial charge in [0.05, 0.1) is 18.4 Å². The molecule has 2 bridgehead atoms. The molecule has 0 aromatic rings. The summed E-state index contributed by atoms with van der Waals surface area (Å²) in [6.45, 7) is 2.38. The van der Waals surface area contributed by atoms with Crippen LogP contribution in [0.25, 0.3) is 0 Å². The van der Waals surface area contributed by atoms with Gasteiger partial charge in [0.2, 0.25) is 0 Å². The van der Waals surface area contributed by atoms with Gasteiger partial charge in [0, 0.05) is 0 Å². The highest BCUT2D eigenvalue weighted by Crippen LogP contribution is 2.48. The zero-order chi connectivity index (χ0) is 13.8. The van der Waals surface area contributed by atoms with Crippen molar-refractivity contribution in [1.82, 2.24) is 0 Å². The summed E-state index contributed by atoms with van der Waals surface area (Å²) in [5, 5.41) is 9.24. The molecule has 1 saturated carbocycles. The van der Waals surface area contributed by atoms with Crippen molar-refractivity contribution in [3.05, 3.63) is 24.3 Å². The van der Waals surface area contributed by atoms with Crippen LogP contribution in [0, 0.1) is 23.7 Å². The summed E-state index contributed by atoms with van der Waals surface area (Å²) in [5.74, 6) is -2.29. The van der Waals surface area contributed by atoms with Crippen LogP contribution < -0.4 is 0 Å². The van der Waals surface area contributed by atoms with Crippen LogP contribution in [0.2, 0.25) is 0 Å². The SMILES string of the molecule is CC/C=C\CCOC(=O)[C@@H]1[C@H](C(=O)O)[C@@H]2C=C[C@H]1C2. The van der Waals surface area contributed by atoms with Gasteiger partial charge in [0.25, 0.3) is 0 Å². The number of esters is 1. The fourth-order valence-electron chi connectivity index (χ4n) is 3.09. The molecular weight excluding hydrogens is 244 g/mol. The Bertz CT molecular complexity index is 410. The number of ether oxygens (including phenoxy) is 1. The minimum absolute atomic E-state index is 0.0000345. The molecule has 4 atom stereocenters. The molecule has 0 aliphatic heterocycles. The smallest absolute Gasteiger partial charge is 0.310 e. The quantitative estimate of drug-likeness (QED) is 0.454. The number of carboxylic acid groups (broad SMARTS) is 1. The number of aliphatic carboxylic acids is 1. The second-order valence-electron chi connectivity index (χ2n) is 5.17. The maximum Gasteiger partial charge on any atom is 0.310 e. The van der Waals surface area contributed by atoms with E-state index < -0.39 is 17.8 Å².